The maximum absolute atomic E-state index is 12.4. The van der Waals surface area contributed by atoms with Crippen LogP contribution in [0, 0.1) is 28.6 Å². The van der Waals surface area contributed by atoms with E-state index in [1.807, 2.05) is 6.92 Å². The molecule has 0 heterocycles. The highest BCUT2D eigenvalue weighted by molar-refractivity contribution is 5.91. The summed E-state index contributed by atoms with van der Waals surface area (Å²) in [7, 11) is 0. The van der Waals surface area contributed by atoms with E-state index in [0.29, 0.717) is 31.1 Å². The molecule has 0 bridgehead atoms. The van der Waals surface area contributed by atoms with Crippen molar-refractivity contribution in [3.63, 3.8) is 0 Å². The first-order valence-corrected chi connectivity index (χ1v) is 8.79. The van der Waals surface area contributed by atoms with Gasteiger partial charge in [0.1, 0.15) is 5.78 Å². The molecular weight excluding hydrogens is 276 g/mol. The van der Waals surface area contributed by atoms with Crippen LogP contribution in [0.3, 0.4) is 0 Å². The van der Waals surface area contributed by atoms with Crippen molar-refractivity contribution in [2.24, 2.45) is 28.6 Å². The van der Waals surface area contributed by atoms with Gasteiger partial charge in [0.05, 0.1) is 11.0 Å². The lowest BCUT2D eigenvalue weighted by Gasteiger charge is -2.60. The average molecular weight is 302 g/mol. The quantitative estimate of drug-likeness (QED) is 0.748. The summed E-state index contributed by atoms with van der Waals surface area (Å²) in [5.41, 5.74) is -1.35. The maximum atomic E-state index is 12.4. The minimum atomic E-state index is -0.823. The molecule has 4 aliphatic rings. The Labute approximate surface area is 132 Å². The van der Waals surface area contributed by atoms with Crippen LogP contribution in [0.25, 0.3) is 0 Å². The van der Waals surface area contributed by atoms with Crippen LogP contribution in [0.1, 0.15) is 58.8 Å². The van der Waals surface area contributed by atoms with Crippen LogP contribution >= 0.6 is 0 Å². The number of hydrogen-bond acceptors (Lipinski definition) is 3. The van der Waals surface area contributed by atoms with Crippen LogP contribution in [0.5, 0.6) is 0 Å². The molecule has 0 aliphatic heterocycles. The zero-order valence-corrected chi connectivity index (χ0v) is 13.6. The summed E-state index contributed by atoms with van der Waals surface area (Å²) in [6.07, 6.45) is 9.47. The minimum Gasteiger partial charge on any atom is -0.389 e. The Morgan fingerprint density at radius 3 is 2.64 bits per heavy atom. The number of allylic oxidation sites excluding steroid dienone is 2. The molecule has 0 radical (unpaired) electrons. The largest absolute Gasteiger partial charge is 0.389 e. The second-order valence-electron chi connectivity index (χ2n) is 8.58. The summed E-state index contributed by atoms with van der Waals surface area (Å²) in [5, 5.41) is 11.5. The van der Waals surface area contributed by atoms with Gasteiger partial charge < -0.3 is 5.11 Å². The van der Waals surface area contributed by atoms with Crippen LogP contribution in [-0.2, 0) is 9.59 Å². The lowest BCUT2D eigenvalue weighted by atomic mass is 9.45. The molecule has 0 aromatic heterocycles. The highest BCUT2D eigenvalue weighted by Gasteiger charge is 2.67. The van der Waals surface area contributed by atoms with Crippen molar-refractivity contribution in [3.05, 3.63) is 12.2 Å². The lowest BCUT2D eigenvalue weighted by molar-refractivity contribution is -0.187. The van der Waals surface area contributed by atoms with E-state index < -0.39 is 11.0 Å². The SMILES string of the molecule is C[C@]12C=CC(=O)CC1CC[C@@H]1[C@@H]2CC[C@]2(C)C(=O)CC[C@@]12O. The van der Waals surface area contributed by atoms with E-state index in [9.17, 15) is 14.7 Å². The molecule has 3 nitrogen and oxygen atoms in total. The van der Waals surface area contributed by atoms with Crippen LogP contribution in [0.4, 0.5) is 0 Å². The van der Waals surface area contributed by atoms with E-state index in [2.05, 4.69) is 13.0 Å². The smallest absolute Gasteiger partial charge is 0.155 e. The first-order chi connectivity index (χ1) is 10.3. The molecular formula is C19H26O3. The first-order valence-electron chi connectivity index (χ1n) is 8.79. The van der Waals surface area contributed by atoms with E-state index in [-0.39, 0.29) is 22.9 Å². The molecule has 0 saturated heterocycles. The standard InChI is InChI=1S/C19H26O3/c1-17-8-5-13(20)11-12(17)3-4-15-14(17)6-9-18(2)16(21)7-10-19(15,18)22/h5,8,12,14-15,22H,3-4,6-7,9-11H2,1-2H3/t12?,14-,15+,17-,18+,19+/m0/s1. The number of fused-ring (bicyclic) bond motifs is 5. The Bertz CT molecular complexity index is 579. The summed E-state index contributed by atoms with van der Waals surface area (Å²) in [4.78, 5) is 24.2. The van der Waals surface area contributed by atoms with E-state index in [0.717, 1.165) is 25.7 Å². The molecule has 22 heavy (non-hydrogen) atoms. The monoisotopic (exact) mass is 302 g/mol. The zero-order chi connectivity index (χ0) is 15.8. The van der Waals surface area contributed by atoms with Gasteiger partial charge in [0, 0.05) is 12.8 Å². The van der Waals surface area contributed by atoms with Crippen molar-refractivity contribution in [2.75, 3.05) is 0 Å². The number of Topliss-reactive ketones (excluding diaryl/α,β-unsaturated/α-hetero) is 1. The second kappa shape index (κ2) is 4.31. The van der Waals surface area contributed by atoms with Gasteiger partial charge in [-0.3, -0.25) is 9.59 Å². The van der Waals surface area contributed by atoms with Gasteiger partial charge in [-0.05, 0) is 68.3 Å². The third-order valence-electron chi connectivity index (χ3n) is 7.94. The van der Waals surface area contributed by atoms with Gasteiger partial charge in [0.2, 0.25) is 0 Å². The molecule has 0 amide bonds. The normalized spacial score (nSPS) is 53.9. The molecule has 4 aliphatic carbocycles. The Morgan fingerprint density at radius 1 is 1.09 bits per heavy atom. The Hall–Kier alpha value is -0.960. The summed E-state index contributed by atoms with van der Waals surface area (Å²) in [6, 6.07) is 0. The second-order valence-corrected chi connectivity index (χ2v) is 8.58. The number of carbonyl (C=O) groups excluding carboxylic acids is 2. The predicted octanol–water partition coefficient (Wildman–Crippen LogP) is 3.06. The molecule has 120 valence electrons. The Kier molecular flexibility index (Phi) is 2.87. The van der Waals surface area contributed by atoms with E-state index in [1.165, 1.54) is 0 Å². The van der Waals surface area contributed by atoms with Crippen LogP contribution < -0.4 is 0 Å². The summed E-state index contributed by atoms with van der Waals surface area (Å²) in [6.45, 7) is 4.27. The summed E-state index contributed by atoms with van der Waals surface area (Å²) >= 11 is 0. The fraction of sp³-hybridized carbons (Fsp3) is 0.789. The van der Waals surface area contributed by atoms with E-state index in [1.54, 1.807) is 6.08 Å². The third-order valence-corrected chi connectivity index (χ3v) is 7.94. The van der Waals surface area contributed by atoms with E-state index >= 15 is 0 Å². The van der Waals surface area contributed by atoms with Crippen molar-refractivity contribution < 1.29 is 14.7 Å². The van der Waals surface area contributed by atoms with Crippen molar-refractivity contribution in [1.29, 1.82) is 0 Å². The molecule has 0 aromatic carbocycles. The number of rotatable bonds is 0. The molecule has 3 heteroatoms. The van der Waals surface area contributed by atoms with Gasteiger partial charge in [-0.1, -0.05) is 13.0 Å². The Balaban J connectivity index is 1.75. The average Bonchev–Trinajstić information content (AvgIpc) is 2.72. The lowest BCUT2D eigenvalue weighted by Crippen LogP contribution is -2.61. The van der Waals surface area contributed by atoms with Crippen LogP contribution in [-0.4, -0.2) is 22.3 Å². The van der Waals surface area contributed by atoms with Crippen LogP contribution in [0.15, 0.2) is 12.2 Å². The number of carbonyl (C=O) groups is 2. The third kappa shape index (κ3) is 1.56. The summed E-state index contributed by atoms with van der Waals surface area (Å²) in [5.74, 6) is 1.53. The number of hydrogen-bond donors (Lipinski definition) is 1. The zero-order valence-electron chi connectivity index (χ0n) is 13.6. The Morgan fingerprint density at radius 2 is 1.86 bits per heavy atom. The molecule has 1 unspecified atom stereocenters. The maximum Gasteiger partial charge on any atom is 0.155 e. The number of aliphatic hydroxyl groups is 1. The number of ketones is 2. The minimum absolute atomic E-state index is 0.0134. The fourth-order valence-corrected chi connectivity index (χ4v) is 6.37. The van der Waals surface area contributed by atoms with Gasteiger partial charge in [0.15, 0.2) is 5.78 Å². The summed E-state index contributed by atoms with van der Waals surface area (Å²) < 4.78 is 0. The van der Waals surface area contributed by atoms with Crippen molar-refractivity contribution in [2.45, 2.75) is 64.4 Å². The fourth-order valence-electron chi connectivity index (χ4n) is 6.37. The highest BCUT2D eigenvalue weighted by Crippen LogP contribution is 2.65. The molecule has 0 aromatic rings. The molecule has 3 saturated carbocycles. The van der Waals surface area contributed by atoms with Gasteiger partial charge in [-0.25, -0.2) is 0 Å². The van der Waals surface area contributed by atoms with Crippen molar-refractivity contribution >= 4 is 11.6 Å². The molecule has 6 atom stereocenters. The molecule has 0 spiro atoms. The van der Waals surface area contributed by atoms with Gasteiger partial charge in [-0.2, -0.15) is 0 Å². The molecule has 1 N–H and O–H groups in total. The molecule has 3 fully saturated rings. The molecule has 4 rings (SSSR count). The van der Waals surface area contributed by atoms with Crippen LogP contribution in [0.2, 0.25) is 0 Å². The van der Waals surface area contributed by atoms with E-state index in [4.69, 9.17) is 0 Å². The van der Waals surface area contributed by atoms with Gasteiger partial charge >= 0.3 is 0 Å². The van der Waals surface area contributed by atoms with Crippen molar-refractivity contribution in [3.8, 4) is 0 Å². The first kappa shape index (κ1) is 14.6. The van der Waals surface area contributed by atoms with Gasteiger partial charge in [-0.15, -0.1) is 0 Å². The van der Waals surface area contributed by atoms with Gasteiger partial charge in [0.25, 0.3) is 0 Å². The topological polar surface area (TPSA) is 54.4 Å². The highest BCUT2D eigenvalue weighted by atomic mass is 16.3. The van der Waals surface area contributed by atoms with Crippen molar-refractivity contribution in [1.82, 2.24) is 0 Å². The predicted molar refractivity (Wildman–Crippen MR) is 83.1 cm³/mol.